The van der Waals surface area contributed by atoms with E-state index in [0.717, 1.165) is 10.4 Å². The second-order valence-corrected chi connectivity index (χ2v) is 8.03. The van der Waals surface area contributed by atoms with Crippen LogP contribution in [0.4, 0.5) is 4.39 Å². The minimum absolute atomic E-state index is 0.0833. The van der Waals surface area contributed by atoms with Gasteiger partial charge >= 0.3 is 0 Å². The van der Waals surface area contributed by atoms with E-state index in [0.29, 0.717) is 10.9 Å². The molecule has 0 fully saturated rings. The molecule has 1 rings (SSSR count). The smallest absolute Gasteiger partial charge is 0.245 e. The standard InChI is InChI=1S/C13H20BrFN2O2S/c1-9(2)12(16)6-7-17(3)20(18,19)13-8-10(14)4-5-11(13)15/h4-5,8-9,12H,6-7,16H2,1-3H3. The van der Waals surface area contributed by atoms with Gasteiger partial charge in [0.1, 0.15) is 10.7 Å². The second kappa shape index (κ2) is 6.98. The third kappa shape index (κ3) is 4.25. The van der Waals surface area contributed by atoms with Crippen molar-refractivity contribution in [2.75, 3.05) is 13.6 Å². The van der Waals surface area contributed by atoms with Gasteiger partial charge in [0.05, 0.1) is 0 Å². The van der Waals surface area contributed by atoms with Crippen LogP contribution in [0.2, 0.25) is 0 Å². The van der Waals surface area contributed by atoms with Gasteiger partial charge in [-0.3, -0.25) is 0 Å². The van der Waals surface area contributed by atoms with E-state index in [4.69, 9.17) is 5.73 Å². The summed E-state index contributed by atoms with van der Waals surface area (Å²) in [6.45, 7) is 4.22. The van der Waals surface area contributed by atoms with E-state index in [2.05, 4.69) is 15.9 Å². The minimum atomic E-state index is -3.84. The number of nitrogens with zero attached hydrogens (tertiary/aromatic N) is 1. The fraction of sp³-hybridized carbons (Fsp3) is 0.538. The molecule has 0 aromatic heterocycles. The first-order valence-electron chi connectivity index (χ1n) is 6.33. The van der Waals surface area contributed by atoms with Crippen molar-refractivity contribution in [3.8, 4) is 0 Å². The maximum Gasteiger partial charge on any atom is 0.245 e. The molecular formula is C13H20BrFN2O2S. The Kier molecular flexibility index (Phi) is 6.12. The molecule has 114 valence electrons. The van der Waals surface area contributed by atoms with E-state index in [1.807, 2.05) is 13.8 Å². The monoisotopic (exact) mass is 366 g/mol. The molecule has 1 aromatic carbocycles. The lowest BCUT2D eigenvalue weighted by Gasteiger charge is -2.21. The first-order valence-corrected chi connectivity index (χ1v) is 8.56. The van der Waals surface area contributed by atoms with Gasteiger partial charge < -0.3 is 5.73 Å². The SMILES string of the molecule is CC(C)C(N)CCN(C)S(=O)(=O)c1cc(Br)ccc1F. The molecule has 1 unspecified atom stereocenters. The average Bonchev–Trinajstić information content (AvgIpc) is 2.37. The second-order valence-electron chi connectivity index (χ2n) is 5.10. The Morgan fingerprint density at radius 2 is 2.00 bits per heavy atom. The Morgan fingerprint density at radius 3 is 2.55 bits per heavy atom. The van der Waals surface area contributed by atoms with E-state index in [-0.39, 0.29) is 23.4 Å². The molecule has 0 saturated heterocycles. The van der Waals surface area contributed by atoms with Gasteiger partial charge in [-0.1, -0.05) is 29.8 Å². The highest BCUT2D eigenvalue weighted by atomic mass is 79.9. The van der Waals surface area contributed by atoms with Gasteiger partial charge in [0.15, 0.2) is 0 Å². The summed E-state index contributed by atoms with van der Waals surface area (Å²) >= 11 is 3.15. The highest BCUT2D eigenvalue weighted by Crippen LogP contribution is 2.23. The van der Waals surface area contributed by atoms with Crippen molar-refractivity contribution in [3.05, 3.63) is 28.5 Å². The predicted octanol–water partition coefficient (Wildman–Crippen LogP) is 2.58. The summed E-state index contributed by atoms with van der Waals surface area (Å²) in [5, 5.41) is 0. The lowest BCUT2D eigenvalue weighted by atomic mass is 10.0. The van der Waals surface area contributed by atoms with Gasteiger partial charge in [0.2, 0.25) is 10.0 Å². The summed E-state index contributed by atoms with van der Waals surface area (Å²) < 4.78 is 40.0. The zero-order valence-corrected chi connectivity index (χ0v) is 14.2. The van der Waals surface area contributed by atoms with Crippen LogP contribution >= 0.6 is 15.9 Å². The van der Waals surface area contributed by atoms with Crippen molar-refractivity contribution in [3.63, 3.8) is 0 Å². The number of hydrogen-bond acceptors (Lipinski definition) is 3. The molecule has 2 N–H and O–H groups in total. The third-order valence-corrected chi connectivity index (χ3v) is 5.58. The molecule has 7 heteroatoms. The Balaban J connectivity index is 2.90. The maximum absolute atomic E-state index is 13.7. The quantitative estimate of drug-likeness (QED) is 0.841. The summed E-state index contributed by atoms with van der Waals surface area (Å²) in [5.74, 6) is -0.484. The first kappa shape index (κ1) is 17.6. The summed E-state index contributed by atoms with van der Waals surface area (Å²) in [6.07, 6.45) is 0.531. The van der Waals surface area contributed by atoms with Crippen LogP contribution in [0.1, 0.15) is 20.3 Å². The van der Waals surface area contributed by atoms with Crippen LogP contribution in [-0.4, -0.2) is 32.4 Å². The Bertz CT molecular complexity index is 563. The largest absolute Gasteiger partial charge is 0.327 e. The number of rotatable bonds is 6. The molecule has 0 amide bonds. The number of halogens is 2. The van der Waals surface area contributed by atoms with Crippen molar-refractivity contribution >= 4 is 26.0 Å². The maximum atomic E-state index is 13.7. The fourth-order valence-corrected chi connectivity index (χ4v) is 3.41. The fourth-order valence-electron chi connectivity index (χ4n) is 1.63. The summed E-state index contributed by atoms with van der Waals surface area (Å²) in [5.41, 5.74) is 5.90. The molecular weight excluding hydrogens is 347 g/mol. The molecule has 0 heterocycles. The lowest BCUT2D eigenvalue weighted by molar-refractivity contribution is 0.396. The lowest BCUT2D eigenvalue weighted by Crippen LogP contribution is -2.35. The van der Waals surface area contributed by atoms with Crippen LogP contribution in [0, 0.1) is 11.7 Å². The zero-order valence-electron chi connectivity index (χ0n) is 11.8. The van der Waals surface area contributed by atoms with E-state index < -0.39 is 15.8 Å². The van der Waals surface area contributed by atoms with Crippen molar-refractivity contribution in [2.45, 2.75) is 31.2 Å². The minimum Gasteiger partial charge on any atom is -0.327 e. The van der Waals surface area contributed by atoms with Crippen LogP contribution in [0.3, 0.4) is 0 Å². The first-order chi connectivity index (χ1) is 9.16. The molecule has 1 aromatic rings. The van der Waals surface area contributed by atoms with E-state index in [9.17, 15) is 12.8 Å². The van der Waals surface area contributed by atoms with Gasteiger partial charge in [-0.05, 0) is 30.5 Å². The third-order valence-electron chi connectivity index (χ3n) is 3.22. The molecule has 4 nitrogen and oxygen atoms in total. The van der Waals surface area contributed by atoms with E-state index >= 15 is 0 Å². The van der Waals surface area contributed by atoms with Crippen molar-refractivity contribution in [1.29, 1.82) is 0 Å². The molecule has 1 atom stereocenters. The van der Waals surface area contributed by atoms with Crippen LogP contribution in [0.5, 0.6) is 0 Å². The number of hydrogen-bond donors (Lipinski definition) is 1. The zero-order chi connectivity index (χ0) is 15.5. The molecule has 0 saturated carbocycles. The Labute approximate surface area is 128 Å². The molecule has 0 bridgehead atoms. The van der Waals surface area contributed by atoms with Gasteiger partial charge in [-0.15, -0.1) is 0 Å². The van der Waals surface area contributed by atoms with Gasteiger partial charge in [-0.25, -0.2) is 17.1 Å². The summed E-state index contributed by atoms with van der Waals surface area (Å²) in [4.78, 5) is -0.326. The van der Waals surface area contributed by atoms with Crippen molar-refractivity contribution < 1.29 is 12.8 Å². The van der Waals surface area contributed by atoms with Crippen LogP contribution in [0.15, 0.2) is 27.6 Å². The number of benzene rings is 1. The summed E-state index contributed by atoms with van der Waals surface area (Å²) in [6, 6.07) is 3.78. The molecule has 0 aliphatic rings. The van der Waals surface area contributed by atoms with E-state index in [1.54, 1.807) is 0 Å². The Hall–Kier alpha value is -0.500. The van der Waals surface area contributed by atoms with Gasteiger partial charge in [0, 0.05) is 24.1 Å². The van der Waals surface area contributed by atoms with Gasteiger partial charge in [0.25, 0.3) is 0 Å². The normalized spacial score (nSPS) is 14.0. The molecule has 0 aliphatic carbocycles. The number of nitrogens with two attached hydrogens (primary N) is 1. The van der Waals surface area contributed by atoms with Crippen molar-refractivity contribution in [2.24, 2.45) is 11.7 Å². The predicted molar refractivity (Wildman–Crippen MR) is 81.3 cm³/mol. The number of sulfonamides is 1. The van der Waals surface area contributed by atoms with Crippen LogP contribution < -0.4 is 5.73 Å². The topological polar surface area (TPSA) is 63.4 Å². The average molecular weight is 367 g/mol. The van der Waals surface area contributed by atoms with Crippen molar-refractivity contribution in [1.82, 2.24) is 4.31 Å². The van der Waals surface area contributed by atoms with E-state index in [1.165, 1.54) is 19.2 Å². The molecule has 0 radical (unpaired) electrons. The highest BCUT2D eigenvalue weighted by molar-refractivity contribution is 9.10. The highest BCUT2D eigenvalue weighted by Gasteiger charge is 2.25. The Morgan fingerprint density at radius 1 is 1.40 bits per heavy atom. The van der Waals surface area contributed by atoms with Crippen LogP contribution in [0.25, 0.3) is 0 Å². The molecule has 0 aliphatic heterocycles. The molecule has 20 heavy (non-hydrogen) atoms. The summed E-state index contributed by atoms with van der Waals surface area (Å²) in [7, 11) is -2.41. The van der Waals surface area contributed by atoms with Gasteiger partial charge in [-0.2, -0.15) is 0 Å². The molecule has 0 spiro atoms. The van der Waals surface area contributed by atoms with Crippen LogP contribution in [-0.2, 0) is 10.0 Å².